The SMILES string of the molecule is CC/C(=C(\O)C(F)(F)F)C(F)(F)F. The number of halogens is 6. The van der Waals surface area contributed by atoms with Gasteiger partial charge in [0.05, 0.1) is 5.57 Å². The molecule has 0 atom stereocenters. The van der Waals surface area contributed by atoms with E-state index in [1.807, 2.05) is 0 Å². The first-order valence-corrected chi connectivity index (χ1v) is 3.17. The Morgan fingerprint density at radius 2 is 1.38 bits per heavy atom. The molecule has 0 saturated heterocycles. The van der Waals surface area contributed by atoms with E-state index in [0.717, 1.165) is 6.92 Å². The fourth-order valence-electron chi connectivity index (χ4n) is 0.673. The molecule has 13 heavy (non-hydrogen) atoms. The van der Waals surface area contributed by atoms with Crippen molar-refractivity contribution in [2.45, 2.75) is 25.7 Å². The summed E-state index contributed by atoms with van der Waals surface area (Å²) in [6.45, 7) is 0.880. The van der Waals surface area contributed by atoms with Crippen molar-refractivity contribution >= 4 is 0 Å². The van der Waals surface area contributed by atoms with Crippen LogP contribution >= 0.6 is 0 Å². The monoisotopic (exact) mass is 208 g/mol. The van der Waals surface area contributed by atoms with E-state index >= 15 is 0 Å². The highest BCUT2D eigenvalue weighted by Gasteiger charge is 2.44. The molecule has 0 heterocycles. The minimum absolute atomic E-state index is 0.880. The van der Waals surface area contributed by atoms with Crippen LogP contribution in [0.2, 0.25) is 0 Å². The lowest BCUT2D eigenvalue weighted by molar-refractivity contribution is -0.139. The number of aliphatic hydroxyl groups excluding tert-OH is 1. The van der Waals surface area contributed by atoms with Crippen LogP contribution in [0, 0.1) is 0 Å². The van der Waals surface area contributed by atoms with Crippen LogP contribution in [-0.2, 0) is 0 Å². The molecule has 0 aliphatic heterocycles. The second kappa shape index (κ2) is 3.47. The third-order valence-electron chi connectivity index (χ3n) is 1.25. The number of aliphatic hydroxyl groups is 1. The normalized spacial score (nSPS) is 15.6. The zero-order chi connectivity index (χ0) is 10.9. The third-order valence-corrected chi connectivity index (χ3v) is 1.25. The molecule has 0 fully saturated rings. The minimum atomic E-state index is -5.35. The summed E-state index contributed by atoms with van der Waals surface area (Å²) in [6.07, 6.45) is -11.4. The van der Waals surface area contributed by atoms with Gasteiger partial charge in [-0.3, -0.25) is 0 Å². The summed E-state index contributed by atoms with van der Waals surface area (Å²) in [4.78, 5) is 0. The third kappa shape index (κ3) is 3.16. The van der Waals surface area contributed by atoms with Crippen LogP contribution in [-0.4, -0.2) is 17.5 Å². The molecule has 1 N–H and O–H groups in total. The fourth-order valence-corrected chi connectivity index (χ4v) is 0.673. The van der Waals surface area contributed by atoms with Crippen LogP contribution in [0.5, 0.6) is 0 Å². The highest BCUT2D eigenvalue weighted by Crippen LogP contribution is 2.36. The summed E-state index contributed by atoms with van der Waals surface area (Å²) in [5.74, 6) is -2.57. The molecule has 0 aromatic carbocycles. The maximum absolute atomic E-state index is 11.8. The van der Waals surface area contributed by atoms with Gasteiger partial charge in [0.25, 0.3) is 0 Å². The van der Waals surface area contributed by atoms with E-state index in [-0.39, 0.29) is 0 Å². The van der Waals surface area contributed by atoms with Gasteiger partial charge in [-0.05, 0) is 6.42 Å². The number of allylic oxidation sites excluding steroid dienone is 2. The van der Waals surface area contributed by atoms with Crippen LogP contribution in [0.15, 0.2) is 11.3 Å². The van der Waals surface area contributed by atoms with Gasteiger partial charge in [-0.1, -0.05) is 6.92 Å². The van der Waals surface area contributed by atoms with Gasteiger partial charge in [0, 0.05) is 0 Å². The van der Waals surface area contributed by atoms with Crippen molar-refractivity contribution < 1.29 is 31.4 Å². The van der Waals surface area contributed by atoms with Crippen molar-refractivity contribution in [2.75, 3.05) is 0 Å². The number of alkyl halides is 6. The van der Waals surface area contributed by atoms with Crippen molar-refractivity contribution in [3.63, 3.8) is 0 Å². The quantitative estimate of drug-likeness (QED) is 0.517. The lowest BCUT2D eigenvalue weighted by atomic mass is 10.1. The molecule has 0 unspecified atom stereocenters. The Bertz CT molecular complexity index is 210. The van der Waals surface area contributed by atoms with Crippen LogP contribution in [0.3, 0.4) is 0 Å². The molecule has 0 saturated carbocycles. The zero-order valence-electron chi connectivity index (χ0n) is 6.42. The van der Waals surface area contributed by atoms with Crippen molar-refractivity contribution in [2.24, 2.45) is 0 Å². The van der Waals surface area contributed by atoms with Gasteiger partial charge in [-0.25, -0.2) is 0 Å². The van der Waals surface area contributed by atoms with E-state index < -0.39 is 30.1 Å². The molecular formula is C6H6F6O. The number of rotatable bonds is 1. The molecule has 0 spiro atoms. The Labute approximate surface area is 69.7 Å². The average Bonchev–Trinajstić information content (AvgIpc) is 1.83. The van der Waals surface area contributed by atoms with E-state index in [1.165, 1.54) is 0 Å². The molecule has 0 rings (SSSR count). The summed E-state index contributed by atoms with van der Waals surface area (Å²) >= 11 is 0. The standard InChI is InChI=1S/C6H6F6O/c1-2-3(5(7,8)9)4(13)6(10,11)12/h13H,2H2,1H3/b4-3+. The lowest BCUT2D eigenvalue weighted by Gasteiger charge is -2.14. The highest BCUT2D eigenvalue weighted by atomic mass is 19.4. The lowest BCUT2D eigenvalue weighted by Crippen LogP contribution is -2.21. The second-order valence-electron chi connectivity index (χ2n) is 2.18. The topological polar surface area (TPSA) is 20.2 Å². The Kier molecular flexibility index (Phi) is 3.23. The molecule has 0 radical (unpaired) electrons. The molecule has 0 bridgehead atoms. The summed E-state index contributed by atoms with van der Waals surface area (Å²) < 4.78 is 70.2. The fraction of sp³-hybridized carbons (Fsp3) is 0.667. The first-order chi connectivity index (χ1) is 5.60. The molecule has 0 aliphatic carbocycles. The molecular weight excluding hydrogens is 202 g/mol. The van der Waals surface area contributed by atoms with Crippen LogP contribution in [0.25, 0.3) is 0 Å². The Balaban J connectivity index is 5.16. The van der Waals surface area contributed by atoms with Crippen LogP contribution in [0.1, 0.15) is 13.3 Å². The maximum atomic E-state index is 11.8. The van der Waals surface area contributed by atoms with E-state index in [2.05, 4.69) is 0 Å². The highest BCUT2D eigenvalue weighted by molar-refractivity contribution is 5.16. The molecule has 0 aromatic rings. The predicted octanol–water partition coefficient (Wildman–Crippen LogP) is 3.33. The van der Waals surface area contributed by atoms with E-state index in [0.29, 0.717) is 0 Å². The van der Waals surface area contributed by atoms with Crippen molar-refractivity contribution in [1.82, 2.24) is 0 Å². The summed E-state index contributed by atoms with van der Waals surface area (Å²) in [5.41, 5.74) is -1.96. The predicted molar refractivity (Wildman–Crippen MR) is 32.1 cm³/mol. The van der Waals surface area contributed by atoms with Gasteiger partial charge in [-0.2, -0.15) is 26.3 Å². The Hall–Kier alpha value is -0.880. The molecule has 0 aromatic heterocycles. The van der Waals surface area contributed by atoms with E-state index in [1.54, 1.807) is 0 Å². The molecule has 0 aliphatic rings. The minimum Gasteiger partial charge on any atom is -0.504 e. The largest absolute Gasteiger partial charge is 0.504 e. The zero-order valence-corrected chi connectivity index (χ0v) is 6.42. The maximum Gasteiger partial charge on any atom is 0.448 e. The van der Waals surface area contributed by atoms with Crippen LogP contribution < -0.4 is 0 Å². The summed E-state index contributed by atoms with van der Waals surface area (Å²) in [7, 11) is 0. The molecule has 78 valence electrons. The van der Waals surface area contributed by atoms with E-state index in [4.69, 9.17) is 5.11 Å². The van der Waals surface area contributed by atoms with Gasteiger partial charge in [0.1, 0.15) is 0 Å². The molecule has 1 nitrogen and oxygen atoms in total. The number of hydrogen-bond donors (Lipinski definition) is 1. The van der Waals surface area contributed by atoms with Gasteiger partial charge in [0.15, 0.2) is 0 Å². The summed E-state index contributed by atoms with van der Waals surface area (Å²) in [5, 5.41) is 8.22. The average molecular weight is 208 g/mol. The van der Waals surface area contributed by atoms with Gasteiger partial charge < -0.3 is 5.11 Å². The van der Waals surface area contributed by atoms with Crippen molar-refractivity contribution in [1.29, 1.82) is 0 Å². The second-order valence-corrected chi connectivity index (χ2v) is 2.18. The first-order valence-electron chi connectivity index (χ1n) is 3.17. The van der Waals surface area contributed by atoms with Crippen molar-refractivity contribution in [3.05, 3.63) is 11.3 Å². The van der Waals surface area contributed by atoms with Gasteiger partial charge in [-0.15, -0.1) is 0 Å². The summed E-state index contributed by atoms with van der Waals surface area (Å²) in [6, 6.07) is 0. The first kappa shape index (κ1) is 12.1. The van der Waals surface area contributed by atoms with Crippen molar-refractivity contribution in [3.8, 4) is 0 Å². The smallest absolute Gasteiger partial charge is 0.448 e. The van der Waals surface area contributed by atoms with Gasteiger partial charge >= 0.3 is 12.4 Å². The van der Waals surface area contributed by atoms with Gasteiger partial charge in [0.2, 0.25) is 5.76 Å². The van der Waals surface area contributed by atoms with E-state index in [9.17, 15) is 26.3 Å². The molecule has 7 heteroatoms. The van der Waals surface area contributed by atoms with Crippen LogP contribution in [0.4, 0.5) is 26.3 Å². The Morgan fingerprint density at radius 3 is 1.46 bits per heavy atom. The number of hydrogen-bond acceptors (Lipinski definition) is 1. The Morgan fingerprint density at radius 1 is 1.00 bits per heavy atom. The molecule has 0 amide bonds.